The Morgan fingerprint density at radius 3 is 2.31 bits per heavy atom. The van der Waals surface area contributed by atoms with E-state index in [4.69, 9.17) is 5.73 Å². The monoisotopic (exact) mass is 354 g/mol. The van der Waals surface area contributed by atoms with Gasteiger partial charge in [-0.2, -0.15) is 0 Å². The van der Waals surface area contributed by atoms with Crippen LogP contribution in [-0.4, -0.2) is 11.3 Å². The first kappa shape index (κ1) is 13.2. The normalized spacial score (nSPS) is 11.9. The van der Waals surface area contributed by atoms with Crippen LogP contribution in [0.1, 0.15) is 12.1 Å². The van der Waals surface area contributed by atoms with Gasteiger partial charge in [-0.05, 0) is 28.7 Å². The van der Waals surface area contributed by atoms with Crippen LogP contribution in [0.3, 0.4) is 0 Å². The SMILES string of the molecule is Nc1cc(C(F)F)nc(I)c1OC(F)(F)F. The molecule has 0 unspecified atom stereocenters. The number of anilines is 1. The summed E-state index contributed by atoms with van der Waals surface area (Å²) in [5.74, 6) is -0.766. The molecule has 0 aliphatic carbocycles. The molecule has 0 fully saturated rings. The van der Waals surface area contributed by atoms with Gasteiger partial charge in [0.05, 0.1) is 5.69 Å². The molecule has 3 nitrogen and oxygen atoms in total. The zero-order chi connectivity index (χ0) is 12.5. The van der Waals surface area contributed by atoms with Crippen LogP contribution in [0.25, 0.3) is 0 Å². The van der Waals surface area contributed by atoms with Crippen molar-refractivity contribution in [2.24, 2.45) is 0 Å². The van der Waals surface area contributed by atoms with E-state index >= 15 is 0 Å². The van der Waals surface area contributed by atoms with Crippen molar-refractivity contribution in [3.8, 4) is 5.75 Å². The maximum Gasteiger partial charge on any atom is 0.573 e. The number of hydrogen-bond donors (Lipinski definition) is 1. The Kier molecular flexibility index (Phi) is 3.76. The number of halogens is 6. The predicted octanol–water partition coefficient (Wildman–Crippen LogP) is 3.10. The van der Waals surface area contributed by atoms with E-state index in [0.29, 0.717) is 6.07 Å². The lowest BCUT2D eigenvalue weighted by Crippen LogP contribution is -2.19. The Labute approximate surface area is 99.9 Å². The third kappa shape index (κ3) is 3.32. The van der Waals surface area contributed by atoms with Crippen LogP contribution >= 0.6 is 22.6 Å². The molecule has 0 spiro atoms. The molecule has 9 heteroatoms. The van der Waals surface area contributed by atoms with Crippen molar-refractivity contribution in [2.45, 2.75) is 12.8 Å². The van der Waals surface area contributed by atoms with Crippen LogP contribution in [0.4, 0.5) is 27.6 Å². The number of rotatable bonds is 2. The van der Waals surface area contributed by atoms with Gasteiger partial charge in [-0.3, -0.25) is 0 Å². The van der Waals surface area contributed by atoms with Crippen molar-refractivity contribution in [1.29, 1.82) is 0 Å². The van der Waals surface area contributed by atoms with Crippen molar-refractivity contribution in [2.75, 3.05) is 5.73 Å². The van der Waals surface area contributed by atoms with E-state index in [0.717, 1.165) is 0 Å². The smallest absolute Gasteiger partial charge is 0.401 e. The number of ether oxygens (including phenoxy) is 1. The quantitative estimate of drug-likeness (QED) is 0.505. The third-order valence-electron chi connectivity index (χ3n) is 1.42. The lowest BCUT2D eigenvalue weighted by atomic mass is 10.3. The summed E-state index contributed by atoms with van der Waals surface area (Å²) >= 11 is 1.34. The first-order valence-corrected chi connectivity index (χ1v) is 4.78. The number of nitrogens with two attached hydrogens (primary N) is 1. The fourth-order valence-corrected chi connectivity index (χ4v) is 1.57. The highest BCUT2D eigenvalue weighted by Crippen LogP contribution is 2.34. The number of nitrogen functional groups attached to an aromatic ring is 1. The third-order valence-corrected chi connectivity index (χ3v) is 2.15. The Morgan fingerprint density at radius 2 is 1.94 bits per heavy atom. The highest BCUT2D eigenvalue weighted by molar-refractivity contribution is 14.1. The fraction of sp³-hybridized carbons (Fsp3) is 0.286. The van der Waals surface area contributed by atoms with E-state index < -0.39 is 29.9 Å². The fourth-order valence-electron chi connectivity index (χ4n) is 0.869. The summed E-state index contributed by atoms with van der Waals surface area (Å²) in [5.41, 5.74) is 3.93. The van der Waals surface area contributed by atoms with Gasteiger partial charge in [-0.25, -0.2) is 13.8 Å². The van der Waals surface area contributed by atoms with E-state index in [1.54, 1.807) is 0 Å². The molecule has 0 saturated heterocycles. The molecule has 0 radical (unpaired) electrons. The summed E-state index contributed by atoms with van der Waals surface area (Å²) < 4.78 is 63.3. The topological polar surface area (TPSA) is 48.1 Å². The second-order valence-corrected chi connectivity index (χ2v) is 3.63. The summed E-state index contributed by atoms with van der Waals surface area (Å²) in [6, 6.07) is 0.647. The van der Waals surface area contributed by atoms with Crippen LogP contribution in [0.5, 0.6) is 5.75 Å². The number of alkyl halides is 5. The van der Waals surface area contributed by atoms with Crippen molar-refractivity contribution in [3.05, 3.63) is 15.5 Å². The summed E-state index contributed by atoms with van der Waals surface area (Å²) in [4.78, 5) is 3.25. The lowest BCUT2D eigenvalue weighted by Gasteiger charge is -2.13. The minimum Gasteiger partial charge on any atom is -0.401 e. The zero-order valence-electron chi connectivity index (χ0n) is 7.36. The van der Waals surface area contributed by atoms with Crippen LogP contribution in [-0.2, 0) is 0 Å². The number of aromatic nitrogens is 1. The number of hydrogen-bond acceptors (Lipinski definition) is 3. The van der Waals surface area contributed by atoms with E-state index in [9.17, 15) is 22.0 Å². The second-order valence-electron chi connectivity index (χ2n) is 2.60. The van der Waals surface area contributed by atoms with E-state index in [-0.39, 0.29) is 3.70 Å². The van der Waals surface area contributed by atoms with Gasteiger partial charge >= 0.3 is 6.36 Å². The Balaban J connectivity index is 3.13. The molecule has 0 aromatic carbocycles. The summed E-state index contributed by atoms with van der Waals surface area (Å²) in [7, 11) is 0. The summed E-state index contributed by atoms with van der Waals surface area (Å²) in [6.07, 6.45) is -7.85. The van der Waals surface area contributed by atoms with Crippen molar-refractivity contribution in [1.82, 2.24) is 4.98 Å². The molecular weight excluding hydrogens is 350 g/mol. The van der Waals surface area contributed by atoms with Gasteiger partial charge in [0.1, 0.15) is 9.39 Å². The highest BCUT2D eigenvalue weighted by Gasteiger charge is 2.33. The Bertz CT molecular complexity index is 372. The average molecular weight is 354 g/mol. The molecule has 0 amide bonds. The zero-order valence-corrected chi connectivity index (χ0v) is 9.51. The maximum atomic E-state index is 12.2. The van der Waals surface area contributed by atoms with Crippen molar-refractivity contribution < 1.29 is 26.7 Å². The molecule has 2 N–H and O–H groups in total. The van der Waals surface area contributed by atoms with Gasteiger partial charge in [0, 0.05) is 0 Å². The number of nitrogens with zero attached hydrogens (tertiary/aromatic N) is 1. The van der Waals surface area contributed by atoms with Crippen LogP contribution in [0.15, 0.2) is 6.07 Å². The molecule has 0 aliphatic rings. The van der Waals surface area contributed by atoms with Crippen LogP contribution < -0.4 is 10.5 Å². The van der Waals surface area contributed by atoms with Gasteiger partial charge in [0.15, 0.2) is 5.75 Å². The average Bonchev–Trinajstić information content (AvgIpc) is 2.09. The molecule has 0 saturated carbocycles. The molecule has 90 valence electrons. The van der Waals surface area contributed by atoms with Crippen LogP contribution in [0.2, 0.25) is 0 Å². The second kappa shape index (κ2) is 4.55. The molecule has 1 heterocycles. The first-order valence-electron chi connectivity index (χ1n) is 3.70. The van der Waals surface area contributed by atoms with Gasteiger partial charge in [-0.1, -0.05) is 0 Å². The maximum absolute atomic E-state index is 12.2. The number of pyridine rings is 1. The molecule has 16 heavy (non-hydrogen) atoms. The van der Waals surface area contributed by atoms with Crippen molar-refractivity contribution in [3.63, 3.8) is 0 Å². The molecule has 1 aromatic rings. The largest absolute Gasteiger partial charge is 0.573 e. The minimum absolute atomic E-state index is 0.370. The molecular formula is C7H4F5IN2O. The van der Waals surface area contributed by atoms with Gasteiger partial charge < -0.3 is 10.5 Å². The Hall–Kier alpha value is -0.870. The van der Waals surface area contributed by atoms with E-state index in [1.165, 1.54) is 22.6 Å². The molecule has 1 rings (SSSR count). The molecule has 0 aliphatic heterocycles. The summed E-state index contributed by atoms with van der Waals surface area (Å²) in [5, 5.41) is 0. The Morgan fingerprint density at radius 1 is 1.38 bits per heavy atom. The van der Waals surface area contributed by atoms with Gasteiger partial charge in [0.25, 0.3) is 6.43 Å². The van der Waals surface area contributed by atoms with E-state index in [1.807, 2.05) is 0 Å². The van der Waals surface area contributed by atoms with E-state index in [2.05, 4.69) is 9.72 Å². The van der Waals surface area contributed by atoms with Crippen molar-refractivity contribution >= 4 is 28.3 Å². The molecule has 0 bridgehead atoms. The molecule has 1 aromatic heterocycles. The van der Waals surface area contributed by atoms with Crippen LogP contribution in [0, 0.1) is 3.70 Å². The van der Waals surface area contributed by atoms with Gasteiger partial charge in [0.2, 0.25) is 0 Å². The predicted molar refractivity (Wildman–Crippen MR) is 53.0 cm³/mol. The minimum atomic E-state index is -4.94. The lowest BCUT2D eigenvalue weighted by molar-refractivity contribution is -0.274. The molecule has 0 atom stereocenters. The standard InChI is InChI=1S/C7H4F5IN2O/c8-5(9)3-1-2(14)4(6(13)15-3)16-7(10,11)12/h1,5H,(H2,14,15). The summed E-state index contributed by atoms with van der Waals surface area (Å²) in [6.45, 7) is 0. The first-order chi connectivity index (χ1) is 7.20. The van der Waals surface area contributed by atoms with Gasteiger partial charge in [-0.15, -0.1) is 13.2 Å². The highest BCUT2D eigenvalue weighted by atomic mass is 127.